The molecule has 0 aromatic carbocycles. The molecular weight excluding hydrogens is 147 g/mol. The fourth-order valence-electron chi connectivity index (χ4n) is 0.708. The van der Waals surface area contributed by atoms with Gasteiger partial charge in [-0.2, -0.15) is 0 Å². The zero-order chi connectivity index (χ0) is 8.10. The second-order valence-electron chi connectivity index (χ2n) is 2.48. The highest BCUT2D eigenvalue weighted by Crippen LogP contribution is 2.18. The van der Waals surface area contributed by atoms with Crippen LogP contribution in [0.1, 0.15) is 12.8 Å². The summed E-state index contributed by atoms with van der Waals surface area (Å²) in [4.78, 5) is 3.84. The summed E-state index contributed by atoms with van der Waals surface area (Å²) in [5.41, 5.74) is 2.38. The molecule has 0 bridgehead atoms. The number of nitrogens with one attached hydrogen (secondary N) is 2. The van der Waals surface area contributed by atoms with Crippen molar-refractivity contribution in [1.82, 2.24) is 10.7 Å². The second-order valence-corrected chi connectivity index (χ2v) is 2.48. The Labute approximate surface area is 65.0 Å². The molecule has 0 saturated heterocycles. The maximum Gasteiger partial charge on any atom is 0.206 e. The predicted molar refractivity (Wildman–Crippen MR) is 41.8 cm³/mol. The Morgan fingerprint density at radius 3 is 2.82 bits per heavy atom. The number of halogens is 1. The van der Waals surface area contributed by atoms with Crippen LogP contribution in [0, 0.1) is 0 Å². The number of alkyl halides is 1. The zero-order valence-electron chi connectivity index (χ0n) is 6.31. The summed E-state index contributed by atoms with van der Waals surface area (Å²) in [6.45, 7) is -0.281. The minimum atomic E-state index is -0.447. The Balaban J connectivity index is 2.21. The monoisotopic (exact) mass is 160 g/mol. The average molecular weight is 160 g/mol. The average Bonchev–Trinajstić information content (AvgIpc) is 2.81. The van der Waals surface area contributed by atoms with Crippen LogP contribution >= 0.6 is 0 Å². The van der Waals surface area contributed by atoms with Gasteiger partial charge >= 0.3 is 0 Å². The number of nitrogens with two attached hydrogens (primary N) is 1. The van der Waals surface area contributed by atoms with Gasteiger partial charge in [0.05, 0.1) is 6.54 Å². The zero-order valence-corrected chi connectivity index (χ0v) is 6.31. The number of hydrogen-bond acceptors (Lipinski definition) is 2. The summed E-state index contributed by atoms with van der Waals surface area (Å²) in [5, 5.41) is 3.02. The highest BCUT2D eigenvalue weighted by atomic mass is 19.1. The largest absolute Gasteiger partial charge is 0.353 e. The lowest BCUT2D eigenvalue weighted by molar-refractivity contribution is 0.503. The van der Waals surface area contributed by atoms with Gasteiger partial charge in [-0.05, 0) is 12.8 Å². The molecule has 0 aromatic heterocycles. The quantitative estimate of drug-likeness (QED) is 0.226. The van der Waals surface area contributed by atoms with Gasteiger partial charge in [-0.1, -0.05) is 0 Å². The van der Waals surface area contributed by atoms with Gasteiger partial charge in [-0.25, -0.2) is 15.2 Å². The van der Waals surface area contributed by atoms with E-state index in [1.807, 2.05) is 0 Å². The molecule has 1 aliphatic rings. The number of hydrazine groups is 1. The standard InChI is InChI=1S/C6H13FN4/c7-3-4-9-6(11-8)10-5-1-2-5/h5H,1-4,8H2,(H2,9,10,11). The molecule has 0 radical (unpaired) electrons. The molecule has 0 spiro atoms. The molecule has 0 heterocycles. The van der Waals surface area contributed by atoms with Crippen LogP contribution in [-0.4, -0.2) is 25.2 Å². The van der Waals surface area contributed by atoms with Crippen molar-refractivity contribution < 1.29 is 4.39 Å². The number of hydrogen-bond donors (Lipinski definition) is 3. The third-order valence-corrected chi connectivity index (χ3v) is 1.41. The first kappa shape index (κ1) is 8.26. The molecule has 1 fully saturated rings. The molecule has 0 atom stereocenters. The maximum absolute atomic E-state index is 11.6. The fourth-order valence-corrected chi connectivity index (χ4v) is 0.708. The molecule has 11 heavy (non-hydrogen) atoms. The van der Waals surface area contributed by atoms with Gasteiger partial charge < -0.3 is 5.32 Å². The summed E-state index contributed by atoms with van der Waals surface area (Å²) in [5.74, 6) is 5.61. The topological polar surface area (TPSA) is 62.4 Å². The molecule has 5 heteroatoms. The van der Waals surface area contributed by atoms with Crippen molar-refractivity contribution in [1.29, 1.82) is 0 Å². The van der Waals surface area contributed by atoms with Gasteiger partial charge in [0.25, 0.3) is 0 Å². The SMILES string of the molecule is NNC(=NCCF)NC1CC1. The Morgan fingerprint density at radius 2 is 2.36 bits per heavy atom. The van der Waals surface area contributed by atoms with Gasteiger partial charge in [0.15, 0.2) is 0 Å². The summed E-state index contributed by atoms with van der Waals surface area (Å²) < 4.78 is 11.6. The minimum Gasteiger partial charge on any atom is -0.353 e. The normalized spacial score (nSPS) is 18.2. The van der Waals surface area contributed by atoms with Gasteiger partial charge in [0.2, 0.25) is 5.96 Å². The third kappa shape index (κ3) is 3.18. The molecule has 1 aliphatic carbocycles. The number of guanidine groups is 1. The first-order chi connectivity index (χ1) is 5.36. The van der Waals surface area contributed by atoms with E-state index in [-0.39, 0.29) is 6.54 Å². The van der Waals surface area contributed by atoms with Crippen LogP contribution in [0.5, 0.6) is 0 Å². The van der Waals surface area contributed by atoms with E-state index in [1.54, 1.807) is 0 Å². The minimum absolute atomic E-state index is 0.166. The summed E-state index contributed by atoms with van der Waals surface area (Å²) in [7, 11) is 0. The lowest BCUT2D eigenvalue weighted by atomic mass is 10.7. The van der Waals surface area contributed by atoms with Gasteiger partial charge in [-0.3, -0.25) is 5.43 Å². The molecule has 1 rings (SSSR count). The number of aliphatic imine (C=N–C) groups is 1. The highest BCUT2D eigenvalue weighted by molar-refractivity contribution is 5.79. The van der Waals surface area contributed by atoms with Crippen LogP contribution in [0.25, 0.3) is 0 Å². The van der Waals surface area contributed by atoms with Gasteiger partial charge in [0, 0.05) is 6.04 Å². The second kappa shape index (κ2) is 4.12. The maximum atomic E-state index is 11.6. The molecule has 64 valence electrons. The Hall–Kier alpha value is -0.840. The summed E-state index contributed by atoms with van der Waals surface area (Å²) >= 11 is 0. The predicted octanol–water partition coefficient (Wildman–Crippen LogP) is -0.473. The Kier molecular flexibility index (Phi) is 3.10. The van der Waals surface area contributed by atoms with E-state index in [0.29, 0.717) is 12.0 Å². The van der Waals surface area contributed by atoms with Crippen molar-refractivity contribution in [3.8, 4) is 0 Å². The van der Waals surface area contributed by atoms with Crippen molar-refractivity contribution >= 4 is 5.96 Å². The first-order valence-corrected chi connectivity index (χ1v) is 3.70. The van der Waals surface area contributed by atoms with E-state index in [1.165, 1.54) is 0 Å². The van der Waals surface area contributed by atoms with Gasteiger partial charge in [-0.15, -0.1) is 0 Å². The first-order valence-electron chi connectivity index (χ1n) is 3.70. The molecule has 4 nitrogen and oxygen atoms in total. The van der Waals surface area contributed by atoms with Crippen LogP contribution in [0.3, 0.4) is 0 Å². The van der Waals surface area contributed by atoms with E-state index in [9.17, 15) is 4.39 Å². The van der Waals surface area contributed by atoms with Crippen LogP contribution in [-0.2, 0) is 0 Å². The van der Waals surface area contributed by atoms with Crippen molar-refractivity contribution in [3.05, 3.63) is 0 Å². The van der Waals surface area contributed by atoms with E-state index in [4.69, 9.17) is 5.84 Å². The van der Waals surface area contributed by atoms with Crippen LogP contribution in [0.2, 0.25) is 0 Å². The smallest absolute Gasteiger partial charge is 0.206 e. The van der Waals surface area contributed by atoms with Crippen molar-refractivity contribution in [2.24, 2.45) is 10.8 Å². The molecule has 4 N–H and O–H groups in total. The molecular formula is C6H13FN4. The van der Waals surface area contributed by atoms with E-state index >= 15 is 0 Å². The van der Waals surface area contributed by atoms with Crippen molar-refractivity contribution in [2.45, 2.75) is 18.9 Å². The number of nitrogens with zero attached hydrogens (tertiary/aromatic N) is 1. The molecule has 0 aliphatic heterocycles. The molecule has 0 aromatic rings. The van der Waals surface area contributed by atoms with Crippen LogP contribution < -0.4 is 16.6 Å². The van der Waals surface area contributed by atoms with Gasteiger partial charge in [0.1, 0.15) is 6.67 Å². The molecule has 0 amide bonds. The van der Waals surface area contributed by atoms with Crippen molar-refractivity contribution in [3.63, 3.8) is 0 Å². The van der Waals surface area contributed by atoms with Crippen molar-refractivity contribution in [2.75, 3.05) is 13.2 Å². The van der Waals surface area contributed by atoms with Crippen LogP contribution in [0.4, 0.5) is 4.39 Å². The Bertz CT molecular complexity index is 144. The lowest BCUT2D eigenvalue weighted by Crippen LogP contribution is -2.42. The molecule has 0 unspecified atom stereocenters. The third-order valence-electron chi connectivity index (χ3n) is 1.41. The van der Waals surface area contributed by atoms with E-state index in [0.717, 1.165) is 12.8 Å². The van der Waals surface area contributed by atoms with E-state index < -0.39 is 6.67 Å². The lowest BCUT2D eigenvalue weighted by Gasteiger charge is -2.06. The van der Waals surface area contributed by atoms with E-state index in [2.05, 4.69) is 15.7 Å². The summed E-state index contributed by atoms with van der Waals surface area (Å²) in [6, 6.07) is 0.490. The Morgan fingerprint density at radius 1 is 1.64 bits per heavy atom. The summed E-state index contributed by atoms with van der Waals surface area (Å²) in [6.07, 6.45) is 2.30. The fraction of sp³-hybridized carbons (Fsp3) is 0.833. The number of rotatable bonds is 3. The molecule has 1 saturated carbocycles. The highest BCUT2D eigenvalue weighted by Gasteiger charge is 2.21. The van der Waals surface area contributed by atoms with Crippen LogP contribution in [0.15, 0.2) is 4.99 Å².